The van der Waals surface area contributed by atoms with Crippen LogP contribution in [-0.4, -0.2) is 46.3 Å². The Bertz CT molecular complexity index is 1030. The van der Waals surface area contributed by atoms with E-state index in [1.165, 1.54) is 0 Å². The summed E-state index contributed by atoms with van der Waals surface area (Å²) < 4.78 is 3.72. The van der Waals surface area contributed by atoms with Crippen LogP contribution >= 0.6 is 0 Å². The lowest BCUT2D eigenvalue weighted by Crippen LogP contribution is -2.26. The van der Waals surface area contributed by atoms with E-state index in [1.54, 1.807) is 10.8 Å². The highest BCUT2D eigenvalue weighted by atomic mass is 15.5. The molecule has 9 heteroatoms. The van der Waals surface area contributed by atoms with Crippen LogP contribution in [0.2, 0.25) is 0 Å². The molecule has 1 atom stereocenters. The van der Waals surface area contributed by atoms with Gasteiger partial charge in [-0.1, -0.05) is 12.1 Å². The summed E-state index contributed by atoms with van der Waals surface area (Å²) in [6.45, 7) is 0.894. The van der Waals surface area contributed by atoms with Crippen LogP contribution < -0.4 is 4.90 Å². The van der Waals surface area contributed by atoms with E-state index in [2.05, 4.69) is 30.6 Å². The van der Waals surface area contributed by atoms with Gasteiger partial charge in [0.05, 0.1) is 17.1 Å². The highest BCUT2D eigenvalue weighted by molar-refractivity contribution is 5.82. The van der Waals surface area contributed by atoms with Gasteiger partial charge in [0, 0.05) is 13.6 Å². The molecule has 4 aromatic rings. The molecular formula is C15H15N9. The molecule has 0 N–H and O–H groups in total. The van der Waals surface area contributed by atoms with Gasteiger partial charge in [0.25, 0.3) is 0 Å². The SMILES string of the molecule is Cn1cnnc1C1CCCN1c1nc2ccccc2n2nnnc12. The minimum atomic E-state index is 0.131. The summed E-state index contributed by atoms with van der Waals surface area (Å²) in [7, 11) is 1.97. The maximum Gasteiger partial charge on any atom is 0.222 e. The van der Waals surface area contributed by atoms with Crippen molar-refractivity contribution in [1.29, 1.82) is 0 Å². The van der Waals surface area contributed by atoms with E-state index < -0.39 is 0 Å². The lowest BCUT2D eigenvalue weighted by Gasteiger charge is -2.25. The fraction of sp³-hybridized carbons (Fsp3) is 0.333. The number of aromatic nitrogens is 8. The maximum atomic E-state index is 4.85. The topological polar surface area (TPSA) is 89.9 Å². The van der Waals surface area contributed by atoms with Crippen molar-refractivity contribution in [3.05, 3.63) is 36.4 Å². The molecule has 3 aromatic heterocycles. The average molecular weight is 321 g/mol. The van der Waals surface area contributed by atoms with Gasteiger partial charge >= 0.3 is 0 Å². The molecule has 1 fully saturated rings. The molecule has 1 aliphatic heterocycles. The van der Waals surface area contributed by atoms with Crippen LogP contribution in [-0.2, 0) is 7.05 Å². The summed E-state index contributed by atoms with van der Waals surface area (Å²) in [5, 5.41) is 20.5. The van der Waals surface area contributed by atoms with Gasteiger partial charge in [0.1, 0.15) is 6.33 Å². The van der Waals surface area contributed by atoms with Crippen LogP contribution in [0, 0.1) is 0 Å². The summed E-state index contributed by atoms with van der Waals surface area (Å²) >= 11 is 0. The van der Waals surface area contributed by atoms with Crippen molar-refractivity contribution < 1.29 is 0 Å². The van der Waals surface area contributed by atoms with Crippen LogP contribution in [0.5, 0.6) is 0 Å². The summed E-state index contributed by atoms with van der Waals surface area (Å²) in [6, 6.07) is 8.02. The highest BCUT2D eigenvalue weighted by Crippen LogP contribution is 2.36. The molecule has 1 saturated heterocycles. The first-order valence-corrected chi connectivity index (χ1v) is 7.90. The summed E-state index contributed by atoms with van der Waals surface area (Å²) in [5.41, 5.74) is 2.44. The van der Waals surface area contributed by atoms with E-state index in [9.17, 15) is 0 Å². The van der Waals surface area contributed by atoms with Crippen molar-refractivity contribution in [2.24, 2.45) is 7.05 Å². The van der Waals surface area contributed by atoms with Gasteiger partial charge in [-0.15, -0.1) is 15.3 Å². The lowest BCUT2D eigenvalue weighted by molar-refractivity contribution is 0.626. The first-order chi connectivity index (χ1) is 11.8. The van der Waals surface area contributed by atoms with Crippen molar-refractivity contribution in [3.8, 4) is 0 Å². The van der Waals surface area contributed by atoms with Crippen molar-refractivity contribution in [2.75, 3.05) is 11.4 Å². The standard InChI is InChI=1S/C15H15N9/c1-22-9-16-18-13(22)12-7-4-8-23(12)14-15-19-20-21-24(15)11-6-3-2-5-10(11)17-14/h2-3,5-6,9,12H,4,7-8H2,1H3. The van der Waals surface area contributed by atoms with Crippen molar-refractivity contribution in [3.63, 3.8) is 0 Å². The summed E-state index contributed by atoms with van der Waals surface area (Å²) in [6.07, 6.45) is 3.81. The first-order valence-electron chi connectivity index (χ1n) is 7.90. The summed E-state index contributed by atoms with van der Waals surface area (Å²) in [4.78, 5) is 7.09. The van der Waals surface area contributed by atoms with Gasteiger partial charge < -0.3 is 9.47 Å². The number of benzene rings is 1. The molecule has 9 nitrogen and oxygen atoms in total. The predicted octanol–water partition coefficient (Wildman–Crippen LogP) is 1.14. The quantitative estimate of drug-likeness (QED) is 0.547. The molecule has 1 aromatic carbocycles. The molecule has 0 spiro atoms. The molecular weight excluding hydrogens is 306 g/mol. The number of para-hydroxylation sites is 2. The zero-order chi connectivity index (χ0) is 16.1. The molecule has 0 radical (unpaired) electrons. The Morgan fingerprint density at radius 2 is 2.08 bits per heavy atom. The maximum absolute atomic E-state index is 4.85. The van der Waals surface area contributed by atoms with E-state index in [0.29, 0.717) is 5.65 Å². The van der Waals surface area contributed by atoms with Gasteiger partial charge in [-0.25, -0.2) is 4.98 Å². The lowest BCUT2D eigenvalue weighted by atomic mass is 10.2. The predicted molar refractivity (Wildman–Crippen MR) is 86.4 cm³/mol. The van der Waals surface area contributed by atoms with E-state index in [4.69, 9.17) is 4.98 Å². The second-order valence-corrected chi connectivity index (χ2v) is 5.99. The zero-order valence-electron chi connectivity index (χ0n) is 13.1. The number of nitrogens with zero attached hydrogens (tertiary/aromatic N) is 9. The van der Waals surface area contributed by atoms with Gasteiger partial charge in [0.15, 0.2) is 11.6 Å². The van der Waals surface area contributed by atoms with Crippen LogP contribution in [0.15, 0.2) is 30.6 Å². The van der Waals surface area contributed by atoms with Crippen molar-refractivity contribution >= 4 is 22.5 Å². The monoisotopic (exact) mass is 321 g/mol. The molecule has 1 unspecified atom stereocenters. The van der Waals surface area contributed by atoms with E-state index in [-0.39, 0.29) is 6.04 Å². The molecule has 0 aliphatic carbocycles. The van der Waals surface area contributed by atoms with Crippen LogP contribution in [0.3, 0.4) is 0 Å². The molecule has 4 heterocycles. The fourth-order valence-electron chi connectivity index (χ4n) is 3.47. The van der Waals surface area contributed by atoms with E-state index in [0.717, 1.165) is 42.1 Å². The number of anilines is 1. The summed E-state index contributed by atoms with van der Waals surface area (Å²) in [5.74, 6) is 1.73. The van der Waals surface area contributed by atoms with Gasteiger partial charge in [-0.3, -0.25) is 0 Å². The number of rotatable bonds is 2. The van der Waals surface area contributed by atoms with E-state index in [1.807, 2.05) is 35.9 Å². The molecule has 1 aliphatic rings. The van der Waals surface area contributed by atoms with Crippen LogP contribution in [0.4, 0.5) is 5.82 Å². The Morgan fingerprint density at radius 3 is 2.96 bits per heavy atom. The molecule has 0 amide bonds. The second-order valence-electron chi connectivity index (χ2n) is 5.99. The van der Waals surface area contributed by atoms with Crippen molar-refractivity contribution in [1.82, 2.24) is 39.8 Å². The minimum absolute atomic E-state index is 0.131. The second kappa shape index (κ2) is 4.95. The Kier molecular flexibility index (Phi) is 2.75. The minimum Gasteiger partial charge on any atom is -0.343 e. The fourth-order valence-corrected chi connectivity index (χ4v) is 3.47. The van der Waals surface area contributed by atoms with Gasteiger partial charge in [0.2, 0.25) is 5.65 Å². The third kappa shape index (κ3) is 1.81. The van der Waals surface area contributed by atoms with Gasteiger partial charge in [-0.05, 0) is 35.4 Å². The van der Waals surface area contributed by atoms with Crippen LogP contribution in [0.1, 0.15) is 24.7 Å². The average Bonchev–Trinajstić information content (AvgIpc) is 3.34. The number of fused-ring (bicyclic) bond motifs is 3. The molecule has 24 heavy (non-hydrogen) atoms. The molecule has 0 saturated carbocycles. The molecule has 120 valence electrons. The third-order valence-corrected chi connectivity index (χ3v) is 4.58. The molecule has 5 rings (SSSR count). The number of tetrazole rings is 1. The Labute approximate surface area is 136 Å². The number of aryl methyl sites for hydroxylation is 1. The molecule has 0 bridgehead atoms. The van der Waals surface area contributed by atoms with Crippen molar-refractivity contribution in [2.45, 2.75) is 18.9 Å². The Morgan fingerprint density at radius 1 is 1.17 bits per heavy atom. The smallest absolute Gasteiger partial charge is 0.222 e. The van der Waals surface area contributed by atoms with Gasteiger partial charge in [-0.2, -0.15) is 4.52 Å². The number of hydrogen-bond donors (Lipinski definition) is 0. The Balaban J connectivity index is 1.72. The normalized spacial score (nSPS) is 18.0. The largest absolute Gasteiger partial charge is 0.343 e. The number of hydrogen-bond acceptors (Lipinski definition) is 7. The van der Waals surface area contributed by atoms with Crippen LogP contribution in [0.25, 0.3) is 16.7 Å². The Hall–Kier alpha value is -3.10. The first kappa shape index (κ1) is 13.3. The zero-order valence-corrected chi connectivity index (χ0v) is 13.1. The highest BCUT2D eigenvalue weighted by Gasteiger charge is 2.32. The third-order valence-electron chi connectivity index (χ3n) is 4.58. The van der Waals surface area contributed by atoms with E-state index >= 15 is 0 Å².